The lowest BCUT2D eigenvalue weighted by atomic mass is 10.3. The van der Waals surface area contributed by atoms with Crippen molar-refractivity contribution in [1.82, 2.24) is 24.7 Å². The number of fused-ring (bicyclic) bond motifs is 1. The second kappa shape index (κ2) is 7.66. The first-order valence-corrected chi connectivity index (χ1v) is 8.82. The van der Waals surface area contributed by atoms with Gasteiger partial charge < -0.3 is 29.0 Å². The first-order chi connectivity index (χ1) is 14.1. The maximum absolute atomic E-state index is 5.88. The minimum Gasteiger partial charge on any atom is -0.491 e. The summed E-state index contributed by atoms with van der Waals surface area (Å²) in [4.78, 5) is 13.0. The molecular formula is C19H20N6O4. The highest BCUT2D eigenvalue weighted by molar-refractivity contribution is 5.81. The predicted molar refractivity (Wildman–Crippen MR) is 104 cm³/mol. The van der Waals surface area contributed by atoms with Gasteiger partial charge in [0.25, 0.3) is 5.88 Å². The summed E-state index contributed by atoms with van der Waals surface area (Å²) in [5.41, 5.74) is 8.65. The summed E-state index contributed by atoms with van der Waals surface area (Å²) in [7, 11) is 3.12. The molecule has 0 aliphatic carbocycles. The van der Waals surface area contributed by atoms with Crippen LogP contribution in [0.1, 0.15) is 17.1 Å². The molecule has 29 heavy (non-hydrogen) atoms. The third-order valence-electron chi connectivity index (χ3n) is 4.26. The Morgan fingerprint density at radius 3 is 2.62 bits per heavy atom. The number of rotatable bonds is 7. The summed E-state index contributed by atoms with van der Waals surface area (Å²) in [6, 6.07) is 7.32. The van der Waals surface area contributed by atoms with Gasteiger partial charge in [0, 0.05) is 12.3 Å². The molecule has 4 heterocycles. The van der Waals surface area contributed by atoms with Crippen molar-refractivity contribution in [2.45, 2.75) is 20.1 Å². The molecule has 0 saturated carbocycles. The van der Waals surface area contributed by atoms with E-state index in [9.17, 15) is 0 Å². The van der Waals surface area contributed by atoms with Crippen molar-refractivity contribution < 1.29 is 18.7 Å². The lowest BCUT2D eigenvalue weighted by molar-refractivity contribution is 0.280. The maximum atomic E-state index is 5.88. The van der Waals surface area contributed by atoms with Crippen molar-refractivity contribution in [3.8, 4) is 17.5 Å². The molecule has 150 valence electrons. The Bertz CT molecular complexity index is 1150. The SMILES string of the molecule is COc1ccc(Cn2ccc3nc(N)nc(OCc4cc(C)on4)c32)nc1OC. The quantitative estimate of drug-likeness (QED) is 0.501. The van der Waals surface area contributed by atoms with E-state index in [1.54, 1.807) is 20.3 Å². The van der Waals surface area contributed by atoms with Gasteiger partial charge >= 0.3 is 0 Å². The number of nitrogens with zero attached hydrogens (tertiary/aromatic N) is 5. The Labute approximate surface area is 166 Å². The highest BCUT2D eigenvalue weighted by atomic mass is 16.5. The molecule has 0 aromatic carbocycles. The van der Waals surface area contributed by atoms with Gasteiger partial charge in [-0.3, -0.25) is 0 Å². The molecular weight excluding hydrogens is 376 g/mol. The van der Waals surface area contributed by atoms with Crippen molar-refractivity contribution in [3.05, 3.63) is 47.6 Å². The van der Waals surface area contributed by atoms with E-state index in [2.05, 4.69) is 20.1 Å². The van der Waals surface area contributed by atoms with Crippen LogP contribution in [0.2, 0.25) is 0 Å². The van der Waals surface area contributed by atoms with Crippen LogP contribution in [-0.2, 0) is 13.2 Å². The fourth-order valence-corrected chi connectivity index (χ4v) is 2.98. The van der Waals surface area contributed by atoms with Crippen molar-refractivity contribution in [2.75, 3.05) is 20.0 Å². The van der Waals surface area contributed by atoms with Crippen LogP contribution in [0, 0.1) is 6.92 Å². The smallest absolute Gasteiger partial charge is 0.257 e. The van der Waals surface area contributed by atoms with Crippen LogP contribution >= 0.6 is 0 Å². The van der Waals surface area contributed by atoms with Crippen LogP contribution < -0.4 is 19.9 Å². The number of ether oxygens (including phenoxy) is 3. The molecule has 10 heteroatoms. The van der Waals surface area contributed by atoms with Gasteiger partial charge in [-0.25, -0.2) is 9.97 Å². The zero-order valence-corrected chi connectivity index (χ0v) is 16.2. The molecule has 0 atom stereocenters. The standard InChI is InChI=1S/C19H20N6O4/c1-11-8-13(24-29-11)10-28-18-16-14(22-19(20)23-18)6-7-25(16)9-12-4-5-15(26-2)17(21-12)27-3/h4-8H,9-10H2,1-3H3,(H2,20,22,23). The van der Waals surface area contributed by atoms with Crippen LogP contribution in [0.3, 0.4) is 0 Å². The van der Waals surface area contributed by atoms with E-state index >= 15 is 0 Å². The normalized spacial score (nSPS) is 11.0. The summed E-state index contributed by atoms with van der Waals surface area (Å²) in [6.45, 7) is 2.47. The highest BCUT2D eigenvalue weighted by Crippen LogP contribution is 2.28. The average molecular weight is 396 g/mol. The van der Waals surface area contributed by atoms with E-state index in [4.69, 9.17) is 24.5 Å². The fraction of sp³-hybridized carbons (Fsp3) is 0.263. The Balaban J connectivity index is 1.66. The summed E-state index contributed by atoms with van der Waals surface area (Å²) < 4.78 is 23.4. The molecule has 4 rings (SSSR count). The third kappa shape index (κ3) is 3.77. The first-order valence-electron chi connectivity index (χ1n) is 8.82. The molecule has 0 saturated heterocycles. The minimum atomic E-state index is 0.130. The number of nitrogens with two attached hydrogens (primary N) is 1. The van der Waals surface area contributed by atoms with E-state index in [1.807, 2.05) is 35.9 Å². The molecule has 0 amide bonds. The largest absolute Gasteiger partial charge is 0.491 e. The topological polar surface area (TPSA) is 123 Å². The van der Waals surface area contributed by atoms with E-state index in [0.29, 0.717) is 46.5 Å². The molecule has 0 bridgehead atoms. The van der Waals surface area contributed by atoms with Crippen molar-refractivity contribution in [2.24, 2.45) is 0 Å². The van der Waals surface area contributed by atoms with Crippen LogP contribution in [0.25, 0.3) is 11.0 Å². The number of aromatic nitrogens is 5. The van der Waals surface area contributed by atoms with E-state index in [0.717, 1.165) is 5.69 Å². The molecule has 0 spiro atoms. The zero-order valence-electron chi connectivity index (χ0n) is 16.2. The number of hydrogen-bond donors (Lipinski definition) is 1. The Morgan fingerprint density at radius 2 is 1.90 bits per heavy atom. The monoisotopic (exact) mass is 396 g/mol. The molecule has 0 unspecified atom stereocenters. The van der Waals surface area contributed by atoms with Gasteiger partial charge in [-0.2, -0.15) is 4.98 Å². The van der Waals surface area contributed by atoms with Crippen LogP contribution in [0.4, 0.5) is 5.95 Å². The Hall–Kier alpha value is -3.82. The minimum absolute atomic E-state index is 0.130. The van der Waals surface area contributed by atoms with Gasteiger partial charge in [0.05, 0.1) is 32.0 Å². The van der Waals surface area contributed by atoms with Gasteiger partial charge in [-0.15, -0.1) is 0 Å². The lowest BCUT2D eigenvalue weighted by Crippen LogP contribution is -2.07. The number of anilines is 1. The summed E-state index contributed by atoms with van der Waals surface area (Å²) >= 11 is 0. The molecule has 0 radical (unpaired) electrons. The first kappa shape index (κ1) is 18.5. The fourth-order valence-electron chi connectivity index (χ4n) is 2.98. The highest BCUT2D eigenvalue weighted by Gasteiger charge is 2.15. The van der Waals surface area contributed by atoms with E-state index in [-0.39, 0.29) is 12.6 Å². The summed E-state index contributed by atoms with van der Waals surface area (Å²) in [5, 5.41) is 3.93. The van der Waals surface area contributed by atoms with E-state index < -0.39 is 0 Å². The molecule has 10 nitrogen and oxygen atoms in total. The van der Waals surface area contributed by atoms with Gasteiger partial charge in [0.15, 0.2) is 5.75 Å². The molecule has 2 N–H and O–H groups in total. The van der Waals surface area contributed by atoms with Gasteiger partial charge in [0.2, 0.25) is 11.8 Å². The van der Waals surface area contributed by atoms with Gasteiger partial charge in [-0.05, 0) is 25.1 Å². The van der Waals surface area contributed by atoms with Gasteiger partial charge in [-0.1, -0.05) is 5.16 Å². The summed E-state index contributed by atoms with van der Waals surface area (Å²) in [6.07, 6.45) is 1.88. The van der Waals surface area contributed by atoms with Crippen molar-refractivity contribution in [1.29, 1.82) is 0 Å². The van der Waals surface area contributed by atoms with Crippen LogP contribution in [0.5, 0.6) is 17.5 Å². The van der Waals surface area contributed by atoms with Crippen molar-refractivity contribution >= 4 is 17.0 Å². The van der Waals surface area contributed by atoms with Gasteiger partial charge in [0.1, 0.15) is 23.6 Å². The summed E-state index contributed by atoms with van der Waals surface area (Å²) in [5.74, 6) is 2.18. The molecule has 0 aliphatic heterocycles. The molecule has 4 aromatic heterocycles. The Morgan fingerprint density at radius 1 is 1.03 bits per heavy atom. The third-order valence-corrected chi connectivity index (χ3v) is 4.26. The van der Waals surface area contributed by atoms with Crippen molar-refractivity contribution in [3.63, 3.8) is 0 Å². The molecule has 0 aliphatic rings. The zero-order chi connectivity index (χ0) is 20.4. The number of aryl methyl sites for hydroxylation is 1. The second-order valence-electron chi connectivity index (χ2n) is 6.30. The maximum Gasteiger partial charge on any atom is 0.257 e. The van der Waals surface area contributed by atoms with Crippen LogP contribution in [0.15, 0.2) is 35.0 Å². The average Bonchev–Trinajstić information content (AvgIpc) is 3.32. The number of hydrogen-bond acceptors (Lipinski definition) is 9. The van der Waals surface area contributed by atoms with Crippen LogP contribution in [-0.4, -0.2) is 38.9 Å². The molecule has 0 fully saturated rings. The number of pyridine rings is 1. The second-order valence-corrected chi connectivity index (χ2v) is 6.30. The van der Waals surface area contributed by atoms with E-state index in [1.165, 1.54) is 0 Å². The molecule has 4 aromatic rings. The lowest BCUT2D eigenvalue weighted by Gasteiger charge is -2.11. The number of nitrogen functional groups attached to an aromatic ring is 1. The predicted octanol–water partition coefficient (Wildman–Crippen LogP) is 2.35. The Kier molecular flexibility index (Phi) is 4.90. The number of methoxy groups -OCH3 is 2.